The molecule has 2 heterocycles. The van der Waals surface area contributed by atoms with Crippen LogP contribution in [0.1, 0.15) is 38.2 Å². The van der Waals surface area contributed by atoms with Gasteiger partial charge in [0.15, 0.2) is 6.67 Å². The van der Waals surface area contributed by atoms with Crippen molar-refractivity contribution >= 4 is 12.2 Å². The molecule has 0 aliphatic carbocycles. The number of nitrogens with zero attached hydrogens (tertiary/aromatic N) is 2. The van der Waals surface area contributed by atoms with Gasteiger partial charge in [0.2, 0.25) is 5.89 Å². The third-order valence-electron chi connectivity index (χ3n) is 4.63. The molecule has 1 unspecified atom stereocenters. The molecule has 1 N–H and O–H groups in total. The lowest BCUT2D eigenvalue weighted by Crippen LogP contribution is -3.15. The Bertz CT molecular complexity index is 674. The number of aryl methyl sites for hydroxylation is 1. The van der Waals surface area contributed by atoms with Crippen molar-refractivity contribution in [1.82, 2.24) is 9.78 Å². The highest BCUT2D eigenvalue weighted by Gasteiger charge is 2.25. The summed E-state index contributed by atoms with van der Waals surface area (Å²) in [7, 11) is 0. The summed E-state index contributed by atoms with van der Waals surface area (Å²) in [6, 6.07) is 8.91. The van der Waals surface area contributed by atoms with E-state index in [0.717, 1.165) is 18.3 Å². The predicted molar refractivity (Wildman–Crippen MR) is 89.3 cm³/mol. The molecule has 2 atom stereocenters. The molecule has 0 radical (unpaired) electrons. The summed E-state index contributed by atoms with van der Waals surface area (Å²) < 4.78 is 7.56. The van der Waals surface area contributed by atoms with E-state index < -0.39 is 0 Å². The molecule has 5 heteroatoms. The van der Waals surface area contributed by atoms with Gasteiger partial charge in [-0.25, -0.2) is 0 Å². The van der Waals surface area contributed by atoms with Gasteiger partial charge in [0.1, 0.15) is 0 Å². The van der Waals surface area contributed by atoms with Crippen LogP contribution in [0.4, 0.5) is 0 Å². The summed E-state index contributed by atoms with van der Waals surface area (Å²) in [5, 5.41) is 4.60. The molecule has 0 saturated carbocycles. The molecule has 1 fully saturated rings. The molecule has 3 rings (SSSR count). The van der Waals surface area contributed by atoms with Crippen LogP contribution in [0.25, 0.3) is 11.5 Å². The van der Waals surface area contributed by atoms with Crippen molar-refractivity contribution in [2.45, 2.75) is 52.2 Å². The van der Waals surface area contributed by atoms with Crippen LogP contribution in [-0.2, 0) is 6.67 Å². The zero-order valence-electron chi connectivity index (χ0n) is 13.3. The molecule has 0 amide bonds. The second kappa shape index (κ2) is 6.75. The van der Waals surface area contributed by atoms with Gasteiger partial charge in [-0.2, -0.15) is 4.68 Å². The molecular weight excluding hydrogens is 294 g/mol. The predicted octanol–water partition coefficient (Wildman–Crippen LogP) is 2.99. The molecule has 4 nitrogen and oxygen atoms in total. The highest BCUT2D eigenvalue weighted by molar-refractivity contribution is 7.71. The normalized spacial score (nSPS) is 21.9. The van der Waals surface area contributed by atoms with E-state index in [9.17, 15) is 0 Å². The Hall–Kier alpha value is -1.46. The van der Waals surface area contributed by atoms with Crippen molar-refractivity contribution in [2.24, 2.45) is 0 Å². The summed E-state index contributed by atoms with van der Waals surface area (Å²) >= 11 is 5.36. The minimum atomic E-state index is 0.475. The minimum absolute atomic E-state index is 0.475. The third kappa shape index (κ3) is 3.31. The number of hydrogen-bond acceptors (Lipinski definition) is 3. The lowest BCUT2D eigenvalue weighted by Gasteiger charge is -2.31. The minimum Gasteiger partial charge on any atom is -0.409 e. The summed E-state index contributed by atoms with van der Waals surface area (Å²) in [4.78, 5) is 2.05. The number of likely N-dealkylation sites (tertiary alicyclic amines) is 1. The molecule has 22 heavy (non-hydrogen) atoms. The van der Waals surface area contributed by atoms with Crippen molar-refractivity contribution in [3.8, 4) is 11.5 Å². The second-order valence-corrected chi connectivity index (χ2v) is 6.56. The monoisotopic (exact) mass is 318 g/mol. The first-order chi connectivity index (χ1) is 10.7. The molecule has 2 aromatic rings. The number of piperidine rings is 1. The Morgan fingerprint density at radius 3 is 2.82 bits per heavy atom. The quantitative estimate of drug-likeness (QED) is 0.880. The topological polar surface area (TPSA) is 35.4 Å². The van der Waals surface area contributed by atoms with Crippen molar-refractivity contribution < 1.29 is 9.32 Å². The number of aromatic nitrogens is 2. The molecule has 118 valence electrons. The van der Waals surface area contributed by atoms with E-state index in [1.807, 2.05) is 16.8 Å². The van der Waals surface area contributed by atoms with Crippen LogP contribution >= 0.6 is 12.2 Å². The molecule has 1 aromatic carbocycles. The zero-order valence-corrected chi connectivity index (χ0v) is 14.2. The van der Waals surface area contributed by atoms with Crippen LogP contribution in [-0.4, -0.2) is 22.4 Å². The third-order valence-corrected chi connectivity index (χ3v) is 4.92. The number of quaternary nitrogens is 1. The van der Waals surface area contributed by atoms with Crippen LogP contribution in [0, 0.1) is 11.8 Å². The van der Waals surface area contributed by atoms with Crippen molar-refractivity contribution in [3.63, 3.8) is 0 Å². The van der Waals surface area contributed by atoms with Gasteiger partial charge in [0.05, 0.1) is 12.6 Å². The van der Waals surface area contributed by atoms with E-state index in [1.54, 1.807) is 4.90 Å². The maximum atomic E-state index is 5.70. The van der Waals surface area contributed by atoms with Crippen molar-refractivity contribution in [2.75, 3.05) is 6.54 Å². The van der Waals surface area contributed by atoms with E-state index in [0.29, 0.717) is 10.7 Å². The van der Waals surface area contributed by atoms with Crippen molar-refractivity contribution in [3.05, 3.63) is 34.7 Å². The highest BCUT2D eigenvalue weighted by atomic mass is 32.1. The fraction of sp³-hybridized carbons (Fsp3) is 0.529. The lowest BCUT2D eigenvalue weighted by molar-refractivity contribution is -0.953. The Morgan fingerprint density at radius 1 is 1.32 bits per heavy atom. The van der Waals surface area contributed by atoms with Gasteiger partial charge >= 0.3 is 0 Å². The number of rotatable bonds is 4. The molecule has 0 bridgehead atoms. The van der Waals surface area contributed by atoms with E-state index in [2.05, 4.69) is 31.1 Å². The first-order valence-electron chi connectivity index (χ1n) is 8.17. The average molecular weight is 318 g/mol. The van der Waals surface area contributed by atoms with Crippen LogP contribution < -0.4 is 4.90 Å². The Morgan fingerprint density at radius 2 is 2.09 bits per heavy atom. The van der Waals surface area contributed by atoms with E-state index in [-0.39, 0.29) is 0 Å². The van der Waals surface area contributed by atoms with Gasteiger partial charge < -0.3 is 9.32 Å². The van der Waals surface area contributed by atoms with Gasteiger partial charge in [0.25, 0.3) is 4.84 Å². The number of benzene rings is 1. The second-order valence-electron chi connectivity index (χ2n) is 6.21. The summed E-state index contributed by atoms with van der Waals surface area (Å²) in [5.74, 6) is 0.620. The van der Waals surface area contributed by atoms with Crippen LogP contribution in [0.15, 0.2) is 28.7 Å². The lowest BCUT2D eigenvalue weighted by atomic mass is 10.0. The van der Waals surface area contributed by atoms with Gasteiger partial charge in [-0.3, -0.25) is 0 Å². The van der Waals surface area contributed by atoms with E-state index >= 15 is 0 Å². The van der Waals surface area contributed by atoms with Crippen LogP contribution in [0.2, 0.25) is 0 Å². The number of nitrogens with one attached hydrogen (secondary N) is 1. The molecular formula is C17H24N3OS+. The van der Waals surface area contributed by atoms with E-state index in [4.69, 9.17) is 16.6 Å². The van der Waals surface area contributed by atoms with Crippen LogP contribution in [0.3, 0.4) is 0 Å². The standard InChI is InChI=1S/C17H23N3OS/c1-3-15-6-4-5-11-19(15)12-20-17(22)21-16(18-20)14-9-7-13(2)8-10-14/h7-10,15H,3-6,11-12H2,1-2H3/p+1/t15-/m1/s1. The highest BCUT2D eigenvalue weighted by Crippen LogP contribution is 2.18. The average Bonchev–Trinajstić information content (AvgIpc) is 2.89. The Balaban J connectivity index is 1.80. The fourth-order valence-corrected chi connectivity index (χ4v) is 3.45. The SMILES string of the molecule is CC[C@@H]1CCCC[NH+]1Cn1nc(-c2ccc(C)cc2)oc1=S. The Labute approximate surface area is 136 Å². The van der Waals surface area contributed by atoms with Gasteiger partial charge in [0, 0.05) is 5.56 Å². The molecule has 1 saturated heterocycles. The first-order valence-corrected chi connectivity index (χ1v) is 8.57. The zero-order chi connectivity index (χ0) is 15.5. The van der Waals surface area contributed by atoms with Gasteiger partial charge in [-0.1, -0.05) is 24.6 Å². The summed E-state index contributed by atoms with van der Waals surface area (Å²) in [6.45, 7) is 6.36. The summed E-state index contributed by atoms with van der Waals surface area (Å²) in [5.41, 5.74) is 2.21. The van der Waals surface area contributed by atoms with Gasteiger partial charge in [-0.15, -0.1) is 5.10 Å². The van der Waals surface area contributed by atoms with Crippen LogP contribution in [0.5, 0.6) is 0 Å². The maximum absolute atomic E-state index is 5.70. The molecule has 1 aromatic heterocycles. The number of hydrogen-bond donors (Lipinski definition) is 1. The summed E-state index contributed by atoms with van der Waals surface area (Å²) in [6.07, 6.45) is 5.16. The first kappa shape index (κ1) is 15.4. The van der Waals surface area contributed by atoms with Crippen molar-refractivity contribution in [1.29, 1.82) is 0 Å². The molecule has 1 aliphatic rings. The van der Waals surface area contributed by atoms with E-state index in [1.165, 1.54) is 37.8 Å². The maximum Gasteiger partial charge on any atom is 0.292 e. The van der Waals surface area contributed by atoms with Gasteiger partial charge in [-0.05, 0) is 57.0 Å². The molecule has 0 spiro atoms. The smallest absolute Gasteiger partial charge is 0.292 e. The fourth-order valence-electron chi connectivity index (χ4n) is 3.26. The largest absolute Gasteiger partial charge is 0.409 e. The molecule has 1 aliphatic heterocycles. The Kier molecular flexibility index (Phi) is 4.74.